The van der Waals surface area contributed by atoms with Gasteiger partial charge in [0.2, 0.25) is 5.91 Å². The number of allylic oxidation sites excluding steroid dienone is 5. The predicted octanol–water partition coefficient (Wildman–Crippen LogP) is 6.92. The Labute approximate surface area is 205 Å². The minimum Gasteiger partial charge on any atom is -0.340 e. The van der Waals surface area contributed by atoms with E-state index in [4.69, 9.17) is 0 Å². The van der Waals surface area contributed by atoms with Gasteiger partial charge in [-0.05, 0) is 56.9 Å². The van der Waals surface area contributed by atoms with E-state index in [2.05, 4.69) is 59.4 Å². The highest BCUT2D eigenvalue weighted by molar-refractivity contribution is 5.95. The van der Waals surface area contributed by atoms with Crippen molar-refractivity contribution in [2.45, 2.75) is 66.2 Å². The van der Waals surface area contributed by atoms with Crippen molar-refractivity contribution in [1.82, 2.24) is 15.0 Å². The first-order valence-electron chi connectivity index (χ1n) is 12.0. The highest BCUT2D eigenvalue weighted by atomic mass is 19.3. The van der Waals surface area contributed by atoms with Gasteiger partial charge in [-0.3, -0.25) is 4.79 Å². The van der Waals surface area contributed by atoms with Gasteiger partial charge in [0, 0.05) is 29.9 Å². The lowest BCUT2D eigenvalue weighted by Gasteiger charge is -2.16. The van der Waals surface area contributed by atoms with Crippen LogP contribution in [0.4, 0.5) is 20.4 Å². The van der Waals surface area contributed by atoms with Gasteiger partial charge in [0.15, 0.2) is 0 Å². The molecule has 8 heteroatoms. The van der Waals surface area contributed by atoms with Gasteiger partial charge in [-0.25, -0.2) is 23.7 Å². The first kappa shape index (κ1) is 26.2. The zero-order valence-electron chi connectivity index (χ0n) is 21.0. The van der Waals surface area contributed by atoms with Crippen LogP contribution in [0.2, 0.25) is 0 Å². The fourth-order valence-electron chi connectivity index (χ4n) is 3.77. The maximum atomic E-state index is 13.2. The van der Waals surface area contributed by atoms with E-state index in [1.54, 1.807) is 18.3 Å². The van der Waals surface area contributed by atoms with Crippen molar-refractivity contribution in [3.63, 3.8) is 0 Å². The van der Waals surface area contributed by atoms with Crippen LogP contribution in [0.25, 0.3) is 11.3 Å². The van der Waals surface area contributed by atoms with E-state index in [1.807, 2.05) is 19.1 Å². The van der Waals surface area contributed by atoms with E-state index in [1.165, 1.54) is 17.5 Å². The van der Waals surface area contributed by atoms with Gasteiger partial charge in [-0.1, -0.05) is 38.0 Å². The fourth-order valence-corrected chi connectivity index (χ4v) is 3.77. The number of nitrogens with one attached hydrogen (secondary N) is 2. The SMILES string of the molecule is C\C=C(Nc1ncccc1-c1cc(NC(=O)C2CC2(F)F)ncn1)/C(C)=C\C(CCC)=C(/C)CC. The standard InChI is InChI=1S/C27H33F2N5O/c1-6-10-19(17(4)7-2)13-18(5)22(8-3)33-25-20(11-9-12-30-25)23-14-24(32-16-31-23)34-26(35)21-15-27(21,28)29/h8-9,11-14,16,21H,6-7,10,15H2,1-5H3,(H,30,33)(H,31,32,34,35)/b18-13-,19-17+,22-8+. The van der Waals surface area contributed by atoms with Gasteiger partial charge in [0.1, 0.15) is 23.9 Å². The molecule has 2 aromatic rings. The molecule has 1 atom stereocenters. The molecule has 35 heavy (non-hydrogen) atoms. The largest absolute Gasteiger partial charge is 0.340 e. The van der Waals surface area contributed by atoms with Gasteiger partial charge in [0.25, 0.3) is 5.92 Å². The van der Waals surface area contributed by atoms with Crippen LogP contribution < -0.4 is 10.6 Å². The van der Waals surface area contributed by atoms with E-state index in [9.17, 15) is 13.6 Å². The molecule has 2 aromatic heterocycles. The number of hydrogen-bond donors (Lipinski definition) is 2. The molecule has 6 nitrogen and oxygen atoms in total. The Morgan fingerprint density at radius 2 is 1.94 bits per heavy atom. The summed E-state index contributed by atoms with van der Waals surface area (Å²) in [4.78, 5) is 24.9. The van der Waals surface area contributed by atoms with Crippen LogP contribution in [-0.4, -0.2) is 26.8 Å². The molecule has 1 amide bonds. The average Bonchev–Trinajstić information content (AvgIpc) is 3.50. The number of pyridine rings is 1. The molecule has 2 N–H and O–H groups in total. The summed E-state index contributed by atoms with van der Waals surface area (Å²) in [5, 5.41) is 5.88. The smallest absolute Gasteiger partial charge is 0.260 e. The summed E-state index contributed by atoms with van der Waals surface area (Å²) >= 11 is 0. The Balaban J connectivity index is 1.85. The molecule has 186 valence electrons. The Morgan fingerprint density at radius 1 is 1.20 bits per heavy atom. The number of carbonyl (C=O) groups is 1. The molecular formula is C27H33F2N5O. The van der Waals surface area contributed by atoms with Crippen molar-refractivity contribution in [2.24, 2.45) is 5.92 Å². The van der Waals surface area contributed by atoms with Crippen molar-refractivity contribution >= 4 is 17.5 Å². The van der Waals surface area contributed by atoms with Gasteiger partial charge >= 0.3 is 0 Å². The van der Waals surface area contributed by atoms with E-state index in [0.717, 1.165) is 30.5 Å². The number of nitrogens with zero attached hydrogens (tertiary/aromatic N) is 3. The zero-order chi connectivity index (χ0) is 25.6. The predicted molar refractivity (Wildman–Crippen MR) is 136 cm³/mol. The molecule has 0 saturated heterocycles. The average molecular weight is 482 g/mol. The molecular weight excluding hydrogens is 448 g/mol. The third kappa shape index (κ3) is 6.59. The quantitative estimate of drug-likeness (QED) is 0.360. The Bertz CT molecular complexity index is 1170. The molecule has 1 aliphatic rings. The second-order valence-electron chi connectivity index (χ2n) is 8.76. The first-order chi connectivity index (χ1) is 16.7. The van der Waals surface area contributed by atoms with Crippen molar-refractivity contribution in [3.05, 3.63) is 65.3 Å². The van der Waals surface area contributed by atoms with Crippen LogP contribution in [0.1, 0.15) is 60.3 Å². The number of carbonyl (C=O) groups excluding carboxylic acids is 1. The molecule has 0 radical (unpaired) electrons. The first-order valence-corrected chi connectivity index (χ1v) is 12.0. The normalized spacial score (nSPS) is 18.1. The molecule has 1 saturated carbocycles. The summed E-state index contributed by atoms with van der Waals surface area (Å²) < 4.78 is 26.5. The van der Waals surface area contributed by atoms with E-state index in [0.29, 0.717) is 17.1 Å². The van der Waals surface area contributed by atoms with Crippen LogP contribution in [0.5, 0.6) is 0 Å². The van der Waals surface area contributed by atoms with Crippen LogP contribution in [0.3, 0.4) is 0 Å². The summed E-state index contributed by atoms with van der Waals surface area (Å²) in [6.07, 6.45) is 9.86. The number of aromatic nitrogens is 3. The molecule has 0 bridgehead atoms. The van der Waals surface area contributed by atoms with Gasteiger partial charge in [-0.2, -0.15) is 0 Å². The number of anilines is 2. The third-order valence-corrected chi connectivity index (χ3v) is 6.10. The third-order valence-electron chi connectivity index (χ3n) is 6.10. The van der Waals surface area contributed by atoms with Gasteiger partial charge in [0.05, 0.1) is 5.69 Å². The van der Waals surface area contributed by atoms with Crippen LogP contribution >= 0.6 is 0 Å². The highest BCUT2D eigenvalue weighted by Crippen LogP contribution is 2.49. The molecule has 1 fully saturated rings. The number of amides is 1. The number of hydrogen-bond acceptors (Lipinski definition) is 5. The van der Waals surface area contributed by atoms with Crippen molar-refractivity contribution in [2.75, 3.05) is 10.6 Å². The number of halogens is 2. The molecule has 1 aliphatic carbocycles. The monoisotopic (exact) mass is 481 g/mol. The number of rotatable bonds is 10. The summed E-state index contributed by atoms with van der Waals surface area (Å²) in [6, 6.07) is 5.20. The van der Waals surface area contributed by atoms with E-state index < -0.39 is 24.2 Å². The summed E-state index contributed by atoms with van der Waals surface area (Å²) in [5.41, 5.74) is 5.93. The van der Waals surface area contributed by atoms with Crippen molar-refractivity contribution in [1.29, 1.82) is 0 Å². The Morgan fingerprint density at radius 3 is 2.57 bits per heavy atom. The van der Waals surface area contributed by atoms with E-state index >= 15 is 0 Å². The fraction of sp³-hybridized carbons (Fsp3) is 0.407. The summed E-state index contributed by atoms with van der Waals surface area (Å²) in [5.74, 6) is -4.21. The van der Waals surface area contributed by atoms with Gasteiger partial charge in [-0.15, -0.1) is 0 Å². The maximum Gasteiger partial charge on any atom is 0.260 e. The molecule has 1 unspecified atom stereocenters. The minimum absolute atomic E-state index is 0.171. The van der Waals surface area contributed by atoms with E-state index in [-0.39, 0.29) is 5.82 Å². The lowest BCUT2D eigenvalue weighted by atomic mass is 9.99. The Hall–Kier alpha value is -3.42. The second kappa shape index (κ2) is 11.3. The molecule has 2 heterocycles. The van der Waals surface area contributed by atoms with Crippen LogP contribution in [0, 0.1) is 5.92 Å². The molecule has 0 aliphatic heterocycles. The highest BCUT2D eigenvalue weighted by Gasteiger charge is 2.61. The lowest BCUT2D eigenvalue weighted by Crippen LogP contribution is -2.18. The topological polar surface area (TPSA) is 79.8 Å². The molecule has 0 spiro atoms. The number of alkyl halides is 2. The van der Waals surface area contributed by atoms with Crippen LogP contribution in [-0.2, 0) is 4.79 Å². The Kier molecular flexibility index (Phi) is 8.48. The minimum atomic E-state index is -2.93. The van der Waals surface area contributed by atoms with Crippen molar-refractivity contribution < 1.29 is 13.6 Å². The maximum absolute atomic E-state index is 13.2. The summed E-state index contributed by atoms with van der Waals surface area (Å²) in [7, 11) is 0. The zero-order valence-corrected chi connectivity index (χ0v) is 21.0. The van der Waals surface area contributed by atoms with Crippen molar-refractivity contribution in [3.8, 4) is 11.3 Å². The van der Waals surface area contributed by atoms with Gasteiger partial charge < -0.3 is 10.6 Å². The van der Waals surface area contributed by atoms with Crippen LogP contribution in [0.15, 0.2) is 65.3 Å². The molecule has 0 aromatic carbocycles. The molecule has 3 rings (SSSR count). The summed E-state index contributed by atoms with van der Waals surface area (Å²) in [6.45, 7) is 10.5. The lowest BCUT2D eigenvalue weighted by molar-refractivity contribution is -0.119. The second-order valence-corrected chi connectivity index (χ2v) is 8.76.